The molecule has 2 aromatic carbocycles. The van der Waals surface area contributed by atoms with E-state index in [1.54, 1.807) is 23.2 Å². The summed E-state index contributed by atoms with van der Waals surface area (Å²) in [5.74, 6) is -0.117. The molecule has 3 heterocycles. The number of hydrogen-bond acceptors (Lipinski definition) is 5. The second-order valence-corrected chi connectivity index (χ2v) is 7.89. The van der Waals surface area contributed by atoms with Gasteiger partial charge in [-0.3, -0.25) is 19.1 Å². The third-order valence-electron chi connectivity index (χ3n) is 5.42. The number of anilines is 1. The summed E-state index contributed by atoms with van der Waals surface area (Å²) < 4.78 is 1.61. The maximum atomic E-state index is 13.6. The predicted octanol–water partition coefficient (Wildman–Crippen LogP) is 4.39. The van der Waals surface area contributed by atoms with Gasteiger partial charge in [-0.25, -0.2) is 9.97 Å². The highest BCUT2D eigenvalue weighted by Crippen LogP contribution is 2.24. The van der Waals surface area contributed by atoms with Crippen LogP contribution < -0.4 is 10.9 Å². The number of nitrogens with one attached hydrogen (secondary N) is 1. The third-order valence-corrected chi connectivity index (χ3v) is 5.42. The molecule has 0 bridgehead atoms. The van der Waals surface area contributed by atoms with Crippen LogP contribution >= 0.6 is 0 Å². The molecule has 0 fully saturated rings. The van der Waals surface area contributed by atoms with Gasteiger partial charge in [-0.2, -0.15) is 0 Å². The molecule has 0 radical (unpaired) electrons. The van der Waals surface area contributed by atoms with Gasteiger partial charge in [0.05, 0.1) is 5.69 Å². The highest BCUT2D eigenvalue weighted by Gasteiger charge is 2.15. The third kappa shape index (κ3) is 4.31. The summed E-state index contributed by atoms with van der Waals surface area (Å²) in [5, 5.41) is 2.77. The zero-order valence-corrected chi connectivity index (χ0v) is 18.5. The lowest BCUT2D eigenvalue weighted by molar-refractivity contribution is -0.114. The van der Waals surface area contributed by atoms with Crippen molar-refractivity contribution >= 4 is 22.8 Å². The largest absolute Gasteiger partial charge is 0.326 e. The van der Waals surface area contributed by atoms with Crippen LogP contribution in [-0.4, -0.2) is 25.4 Å². The second kappa shape index (κ2) is 9.07. The van der Waals surface area contributed by atoms with Crippen molar-refractivity contribution in [2.24, 2.45) is 0 Å². The van der Waals surface area contributed by atoms with E-state index < -0.39 is 0 Å². The van der Waals surface area contributed by atoms with E-state index in [-0.39, 0.29) is 11.5 Å². The van der Waals surface area contributed by atoms with E-state index in [0.717, 1.165) is 22.4 Å². The normalized spacial score (nSPS) is 10.9. The van der Waals surface area contributed by atoms with Gasteiger partial charge in [0.1, 0.15) is 11.2 Å². The minimum Gasteiger partial charge on any atom is -0.326 e. The van der Waals surface area contributed by atoms with Crippen LogP contribution in [0.4, 0.5) is 5.69 Å². The van der Waals surface area contributed by atoms with Crippen LogP contribution in [0.25, 0.3) is 28.0 Å². The number of nitrogens with zero attached hydrogens (tertiary/aromatic N) is 4. The second-order valence-electron chi connectivity index (χ2n) is 7.89. The van der Waals surface area contributed by atoms with Gasteiger partial charge in [0, 0.05) is 37.6 Å². The molecule has 1 N–H and O–H groups in total. The Kier molecular flexibility index (Phi) is 5.66. The first kappa shape index (κ1) is 21.2. The Balaban J connectivity index is 1.61. The van der Waals surface area contributed by atoms with Crippen molar-refractivity contribution in [3.63, 3.8) is 0 Å². The molecule has 5 rings (SSSR count). The summed E-state index contributed by atoms with van der Waals surface area (Å²) in [7, 11) is 0. The lowest BCUT2D eigenvalue weighted by atomic mass is 10.0. The van der Waals surface area contributed by atoms with Crippen molar-refractivity contribution in [3.05, 3.63) is 113 Å². The molecule has 0 saturated carbocycles. The molecule has 0 aliphatic heterocycles. The zero-order valence-electron chi connectivity index (χ0n) is 18.5. The van der Waals surface area contributed by atoms with Gasteiger partial charge >= 0.3 is 0 Å². The number of amides is 1. The summed E-state index contributed by atoms with van der Waals surface area (Å²) in [6.07, 6.45) is 5.48. The smallest absolute Gasteiger partial charge is 0.278 e. The Morgan fingerprint density at radius 3 is 2.53 bits per heavy atom. The van der Waals surface area contributed by atoms with Gasteiger partial charge < -0.3 is 5.32 Å². The molecule has 0 atom stereocenters. The Morgan fingerprint density at radius 1 is 0.941 bits per heavy atom. The Labute approximate surface area is 195 Å². The molecule has 1 amide bonds. The highest BCUT2D eigenvalue weighted by molar-refractivity contribution is 5.89. The topological polar surface area (TPSA) is 89.8 Å². The van der Waals surface area contributed by atoms with Crippen LogP contribution in [0, 0.1) is 0 Å². The average molecular weight is 447 g/mol. The molecule has 0 aliphatic carbocycles. The summed E-state index contributed by atoms with van der Waals surface area (Å²) in [5.41, 5.74) is 5.60. The molecule has 0 spiro atoms. The number of pyridine rings is 2. The van der Waals surface area contributed by atoms with Gasteiger partial charge in [0.15, 0.2) is 5.65 Å². The Hall–Kier alpha value is -4.65. The summed E-state index contributed by atoms with van der Waals surface area (Å²) in [6.45, 7) is 1.48. The van der Waals surface area contributed by atoms with Gasteiger partial charge in [-0.05, 0) is 59.2 Å². The molecule has 5 aromatic rings. The molecule has 7 heteroatoms. The van der Waals surface area contributed by atoms with Crippen molar-refractivity contribution in [2.75, 3.05) is 5.32 Å². The molecule has 7 nitrogen and oxygen atoms in total. The van der Waals surface area contributed by atoms with Gasteiger partial charge in [0.25, 0.3) is 5.56 Å². The van der Waals surface area contributed by atoms with Crippen LogP contribution in [0.1, 0.15) is 18.2 Å². The van der Waals surface area contributed by atoms with Crippen molar-refractivity contribution < 1.29 is 4.79 Å². The predicted molar refractivity (Wildman–Crippen MR) is 132 cm³/mol. The lowest BCUT2D eigenvalue weighted by Gasteiger charge is -2.13. The van der Waals surface area contributed by atoms with Crippen molar-refractivity contribution in [2.45, 2.75) is 13.3 Å². The summed E-state index contributed by atoms with van der Waals surface area (Å²) in [6, 6.07) is 22.7. The molecule has 34 heavy (non-hydrogen) atoms. The van der Waals surface area contributed by atoms with Gasteiger partial charge in [-0.15, -0.1) is 0 Å². The number of benzene rings is 2. The molecule has 0 aliphatic rings. The number of hydrogen-bond donors (Lipinski definition) is 1. The van der Waals surface area contributed by atoms with Crippen LogP contribution in [0.3, 0.4) is 0 Å². The fourth-order valence-corrected chi connectivity index (χ4v) is 3.89. The Morgan fingerprint density at radius 2 is 1.76 bits per heavy atom. The molecular formula is C27H21N5O2. The van der Waals surface area contributed by atoms with E-state index in [1.807, 2.05) is 72.8 Å². The first-order valence-corrected chi connectivity index (χ1v) is 10.8. The van der Waals surface area contributed by atoms with E-state index in [4.69, 9.17) is 0 Å². The van der Waals surface area contributed by atoms with Gasteiger partial charge in [0.2, 0.25) is 5.91 Å². The number of aromatic nitrogens is 4. The SMILES string of the molecule is CC(=O)Nc1ccc(-c2cccc(-n3c(=O)c(Cc4cccnc4)nc4cccnc43)c2)cc1. The standard InChI is InChI=1S/C27H21N5O2/c1-18(33)30-22-11-9-20(10-12-22)21-6-2-7-23(16-21)32-26-24(8-4-14-29-26)31-25(27(32)34)15-19-5-3-13-28-17-19/h2-14,16-17H,15H2,1H3,(H,30,33). The van der Waals surface area contributed by atoms with E-state index in [1.165, 1.54) is 6.92 Å². The van der Waals surface area contributed by atoms with E-state index >= 15 is 0 Å². The number of fused-ring (bicyclic) bond motifs is 1. The van der Waals surface area contributed by atoms with E-state index in [9.17, 15) is 9.59 Å². The lowest BCUT2D eigenvalue weighted by Crippen LogP contribution is -2.25. The number of rotatable bonds is 5. The van der Waals surface area contributed by atoms with Gasteiger partial charge in [-0.1, -0.05) is 30.3 Å². The van der Waals surface area contributed by atoms with E-state index in [0.29, 0.717) is 29.0 Å². The first-order valence-electron chi connectivity index (χ1n) is 10.8. The van der Waals surface area contributed by atoms with Crippen LogP contribution in [0.5, 0.6) is 0 Å². The summed E-state index contributed by atoms with van der Waals surface area (Å²) >= 11 is 0. The molecule has 3 aromatic heterocycles. The minimum atomic E-state index is -0.215. The van der Waals surface area contributed by atoms with Crippen LogP contribution in [0.15, 0.2) is 96.2 Å². The maximum Gasteiger partial charge on any atom is 0.278 e. The summed E-state index contributed by atoms with van der Waals surface area (Å²) in [4.78, 5) is 38.1. The first-order chi connectivity index (χ1) is 16.6. The fourth-order valence-electron chi connectivity index (χ4n) is 3.89. The van der Waals surface area contributed by atoms with E-state index in [2.05, 4.69) is 20.3 Å². The fraction of sp³-hybridized carbons (Fsp3) is 0.0741. The number of carbonyl (C=O) groups excluding carboxylic acids is 1. The maximum absolute atomic E-state index is 13.6. The van der Waals surface area contributed by atoms with Crippen molar-refractivity contribution in [1.29, 1.82) is 0 Å². The van der Waals surface area contributed by atoms with Crippen LogP contribution in [-0.2, 0) is 11.2 Å². The Bertz CT molecular complexity index is 1540. The number of carbonyl (C=O) groups is 1. The molecular weight excluding hydrogens is 426 g/mol. The van der Waals surface area contributed by atoms with Crippen molar-refractivity contribution in [3.8, 4) is 16.8 Å². The average Bonchev–Trinajstić information content (AvgIpc) is 2.85. The van der Waals surface area contributed by atoms with Crippen molar-refractivity contribution in [1.82, 2.24) is 19.5 Å². The minimum absolute atomic E-state index is 0.117. The zero-order chi connectivity index (χ0) is 23.5. The molecule has 166 valence electrons. The highest BCUT2D eigenvalue weighted by atomic mass is 16.1. The molecule has 0 unspecified atom stereocenters. The quantitative estimate of drug-likeness (QED) is 0.432. The molecule has 0 saturated heterocycles. The monoisotopic (exact) mass is 447 g/mol. The van der Waals surface area contributed by atoms with Crippen LogP contribution in [0.2, 0.25) is 0 Å².